The van der Waals surface area contributed by atoms with Crippen LogP contribution in [0.3, 0.4) is 0 Å². The molecule has 0 bridgehead atoms. The van der Waals surface area contributed by atoms with Gasteiger partial charge in [-0.25, -0.2) is 0 Å². The fraction of sp³-hybridized carbons (Fsp3) is 0.485. The molecule has 6 N–H and O–H groups in total. The van der Waals surface area contributed by atoms with Crippen molar-refractivity contribution in [2.24, 2.45) is 11.8 Å². The molecule has 9 rings (SSSR count). The van der Waals surface area contributed by atoms with Gasteiger partial charge in [0.2, 0.25) is 59.1 Å². The second-order valence-electron chi connectivity index (χ2n) is 24.2. The maximum atomic E-state index is 14.9. The molecule has 20 nitrogen and oxygen atoms in total. The van der Waals surface area contributed by atoms with Gasteiger partial charge in [0.05, 0.1) is 0 Å². The molecule has 0 aromatic heterocycles. The van der Waals surface area contributed by atoms with Crippen LogP contribution in [0.5, 0.6) is 0 Å². The summed E-state index contributed by atoms with van der Waals surface area (Å²) >= 11 is 0. The topological polar surface area (TPSA) is 256 Å². The zero-order valence-electron chi connectivity index (χ0n) is 49.7. The SMILES string of the molecule is CC(C)[C@@H]1NC(=O)[C@@H](Cc2ccccc2)NC(=O)[C@H](Cc2ccccc2)NC(=O)[C@@H]2CCCN2C(=O)C2CCCN2C(=O)[C@H](C(C)C)NC(=O)[C@@H](Cc2ccccc2)NC(=O)[C@H](Cc2ccccc2)NC(=O)[C@@H]2CCCN2C(=O)C2CCCN2C1=O. The molecule has 10 amide bonds. The lowest BCUT2D eigenvalue weighted by molar-refractivity contribution is -0.149. The van der Waals surface area contributed by atoms with E-state index >= 15 is 0 Å². The van der Waals surface area contributed by atoms with Crippen molar-refractivity contribution in [3.8, 4) is 0 Å². The van der Waals surface area contributed by atoms with Crippen molar-refractivity contribution in [2.45, 2.75) is 165 Å². The molecule has 0 aliphatic carbocycles. The van der Waals surface area contributed by atoms with E-state index in [1.165, 1.54) is 19.6 Å². The zero-order chi connectivity index (χ0) is 61.0. The van der Waals surface area contributed by atoms with E-state index in [0.29, 0.717) is 60.8 Å². The fourth-order valence-electron chi connectivity index (χ4n) is 12.8. The molecule has 4 aromatic carbocycles. The minimum atomic E-state index is -1.26. The average Bonchev–Trinajstić information content (AvgIpc) is 3.22. The monoisotopic (exact) mass is 1170 g/mol. The zero-order valence-corrected chi connectivity index (χ0v) is 49.7. The molecule has 0 spiro atoms. The number of fused-ring (bicyclic) bond motifs is 4. The van der Waals surface area contributed by atoms with Crippen LogP contribution in [-0.4, -0.2) is 165 Å². The second-order valence-corrected chi connectivity index (χ2v) is 24.2. The number of carbonyl (C=O) groups excluding carboxylic acids is 10. The molecular formula is C66H82N10O10. The van der Waals surface area contributed by atoms with E-state index in [-0.39, 0.29) is 64.7 Å². The lowest BCUT2D eigenvalue weighted by Gasteiger charge is -2.35. The van der Waals surface area contributed by atoms with Crippen LogP contribution < -0.4 is 31.9 Å². The molecule has 5 heterocycles. The van der Waals surface area contributed by atoms with Gasteiger partial charge in [-0.05, 0) is 85.5 Å². The van der Waals surface area contributed by atoms with E-state index in [4.69, 9.17) is 0 Å². The third-order valence-electron chi connectivity index (χ3n) is 17.4. The molecule has 5 fully saturated rings. The highest BCUT2D eigenvalue weighted by Crippen LogP contribution is 2.29. The van der Waals surface area contributed by atoms with Crippen LogP contribution in [0, 0.1) is 11.8 Å². The molecule has 2 unspecified atom stereocenters. The summed E-state index contributed by atoms with van der Waals surface area (Å²) in [7, 11) is 0. The summed E-state index contributed by atoms with van der Waals surface area (Å²) in [5, 5.41) is 17.6. The number of amides is 10. The fourth-order valence-corrected chi connectivity index (χ4v) is 12.8. The quantitative estimate of drug-likeness (QED) is 0.135. The number of nitrogens with zero attached hydrogens (tertiary/aromatic N) is 4. The molecule has 20 heteroatoms. The molecule has 456 valence electrons. The van der Waals surface area contributed by atoms with Gasteiger partial charge >= 0.3 is 0 Å². The van der Waals surface area contributed by atoms with Crippen molar-refractivity contribution in [1.29, 1.82) is 0 Å². The normalized spacial score (nSPS) is 27.1. The Morgan fingerprint density at radius 3 is 0.814 bits per heavy atom. The van der Waals surface area contributed by atoms with Crippen molar-refractivity contribution in [1.82, 2.24) is 51.5 Å². The average molecular weight is 1180 g/mol. The molecule has 5 aliphatic rings. The number of nitrogens with one attached hydrogen (secondary N) is 6. The Morgan fingerprint density at radius 2 is 0.547 bits per heavy atom. The van der Waals surface area contributed by atoms with Crippen LogP contribution in [0.2, 0.25) is 0 Å². The third-order valence-corrected chi connectivity index (χ3v) is 17.4. The first-order valence-corrected chi connectivity index (χ1v) is 30.7. The minimum absolute atomic E-state index is 0.0116. The van der Waals surface area contributed by atoms with Crippen molar-refractivity contribution in [3.05, 3.63) is 144 Å². The molecule has 86 heavy (non-hydrogen) atoms. The van der Waals surface area contributed by atoms with Gasteiger partial charge in [-0.3, -0.25) is 47.9 Å². The van der Waals surface area contributed by atoms with E-state index in [1.54, 1.807) is 52.0 Å². The largest absolute Gasteiger partial charge is 0.342 e. The van der Waals surface area contributed by atoms with Crippen LogP contribution in [0.4, 0.5) is 0 Å². The third kappa shape index (κ3) is 15.0. The minimum Gasteiger partial charge on any atom is -0.342 e. The molecular weight excluding hydrogens is 1090 g/mol. The predicted molar refractivity (Wildman–Crippen MR) is 321 cm³/mol. The van der Waals surface area contributed by atoms with Gasteiger partial charge in [0.15, 0.2) is 0 Å². The van der Waals surface area contributed by atoms with Crippen LogP contribution in [0.1, 0.15) is 101 Å². The molecule has 4 aromatic rings. The summed E-state index contributed by atoms with van der Waals surface area (Å²) in [6.45, 7) is 7.94. The maximum absolute atomic E-state index is 14.9. The Labute approximate surface area is 503 Å². The highest BCUT2D eigenvalue weighted by atomic mass is 16.2. The Hall–Kier alpha value is -8.42. The van der Waals surface area contributed by atoms with E-state index in [9.17, 15) is 47.9 Å². The van der Waals surface area contributed by atoms with Crippen LogP contribution >= 0.6 is 0 Å². The first-order chi connectivity index (χ1) is 41.4. The first-order valence-electron chi connectivity index (χ1n) is 30.7. The first kappa shape index (κ1) is 62.1. The summed E-state index contributed by atoms with van der Waals surface area (Å²) in [4.78, 5) is 155. The van der Waals surface area contributed by atoms with Gasteiger partial charge in [0.25, 0.3) is 0 Å². The lowest BCUT2D eigenvalue weighted by Crippen LogP contribution is -2.62. The number of hydrogen-bond donors (Lipinski definition) is 6. The summed E-state index contributed by atoms with van der Waals surface area (Å²) in [6.07, 6.45) is 3.10. The second kappa shape index (κ2) is 28.6. The number of benzene rings is 4. The number of rotatable bonds is 10. The van der Waals surface area contributed by atoms with Gasteiger partial charge in [-0.2, -0.15) is 0 Å². The Balaban J connectivity index is 1.07. The van der Waals surface area contributed by atoms with Gasteiger partial charge in [-0.1, -0.05) is 149 Å². The van der Waals surface area contributed by atoms with Crippen molar-refractivity contribution >= 4 is 59.1 Å². The molecule has 10 atom stereocenters. The Morgan fingerprint density at radius 1 is 0.314 bits per heavy atom. The van der Waals surface area contributed by atoms with Gasteiger partial charge in [-0.15, -0.1) is 0 Å². The van der Waals surface area contributed by atoms with Crippen molar-refractivity contribution in [2.75, 3.05) is 26.2 Å². The standard InChI is InChI=1S/C66H82N10O10/c1-41(2)55-65(85)75-35-19-31-53(75)63(83)73-33-17-29-51(73)61(81)70-48(38-44-23-11-6-12-24-44)58(78)68-50(40-46-27-15-8-16-28-46)60(80)72-56(42(3)4)66(86)76-36-20-32-54(76)64(84)74-34-18-30-52(74)62(82)69-47(37-43-21-9-5-10-22-43)57(77)67-49(59(79)71-55)39-45-25-13-7-14-26-45/h5-16,21-28,41-42,47-56H,17-20,29-40H2,1-4H3,(H,67,77)(H,68,78)(H,69,82)(H,70,81)(H,71,79)(H,72,80)/t47-,48-,49+,50+,51-,52-,53?,54?,55-,56-/m0/s1. The number of carbonyl (C=O) groups is 10. The summed E-state index contributed by atoms with van der Waals surface area (Å²) in [6, 6.07) is 25.0. The van der Waals surface area contributed by atoms with Crippen LogP contribution in [0.25, 0.3) is 0 Å². The Bertz CT molecular complexity index is 2870. The van der Waals surface area contributed by atoms with Gasteiger partial charge < -0.3 is 51.5 Å². The summed E-state index contributed by atoms with van der Waals surface area (Å²) in [5.41, 5.74) is 2.83. The van der Waals surface area contributed by atoms with Gasteiger partial charge in [0, 0.05) is 51.9 Å². The number of hydrogen-bond acceptors (Lipinski definition) is 10. The van der Waals surface area contributed by atoms with Gasteiger partial charge in [0.1, 0.15) is 60.4 Å². The smallest absolute Gasteiger partial charge is 0.246 e. The molecule has 0 radical (unpaired) electrons. The highest BCUT2D eigenvalue weighted by Gasteiger charge is 2.47. The summed E-state index contributed by atoms with van der Waals surface area (Å²) < 4.78 is 0. The lowest BCUT2D eigenvalue weighted by atomic mass is 9.99. The molecule has 0 saturated carbocycles. The van der Waals surface area contributed by atoms with E-state index < -0.39 is 131 Å². The highest BCUT2D eigenvalue weighted by molar-refractivity contribution is 6.00. The van der Waals surface area contributed by atoms with E-state index in [2.05, 4.69) is 31.9 Å². The Kier molecular flexibility index (Phi) is 20.7. The molecule has 5 aliphatic heterocycles. The molecule has 5 saturated heterocycles. The van der Waals surface area contributed by atoms with E-state index in [0.717, 1.165) is 0 Å². The van der Waals surface area contributed by atoms with Crippen molar-refractivity contribution < 1.29 is 47.9 Å². The summed E-state index contributed by atoms with van der Waals surface area (Å²) in [5.74, 6) is -6.73. The van der Waals surface area contributed by atoms with Crippen molar-refractivity contribution in [3.63, 3.8) is 0 Å². The maximum Gasteiger partial charge on any atom is 0.246 e. The van der Waals surface area contributed by atoms with Crippen LogP contribution in [0.15, 0.2) is 121 Å². The van der Waals surface area contributed by atoms with Crippen LogP contribution in [-0.2, 0) is 73.6 Å². The van der Waals surface area contributed by atoms with E-state index in [1.807, 2.05) is 97.1 Å². The predicted octanol–water partition coefficient (Wildman–Crippen LogP) is 3.16.